The summed E-state index contributed by atoms with van der Waals surface area (Å²) in [5.74, 6) is 0.521. The molecular weight excluding hydrogens is 454 g/mol. The SMILES string of the molecule is [B][C@@H]1O[C@H](CC)C(OP(C)O)[C@@H]1OCSSC(C)(C)C.[Ce]. The number of hydrogen-bond donors (Lipinski definition) is 1. The van der Waals surface area contributed by atoms with E-state index in [1.165, 1.54) is 0 Å². The molecule has 0 amide bonds. The van der Waals surface area contributed by atoms with Crippen molar-refractivity contribution in [2.45, 2.75) is 63.2 Å². The largest absolute Gasteiger partial charge is 0.379 e. The van der Waals surface area contributed by atoms with E-state index < -0.39 is 14.4 Å². The van der Waals surface area contributed by atoms with Crippen LogP contribution in [0.25, 0.3) is 0 Å². The van der Waals surface area contributed by atoms with E-state index in [2.05, 4.69) is 20.8 Å². The molecular formula is C12H24BCeO4PS2. The van der Waals surface area contributed by atoms with Gasteiger partial charge in [-0.15, -0.1) is 0 Å². The Hall–Kier alpha value is 2.41. The fourth-order valence-electron chi connectivity index (χ4n) is 1.88. The van der Waals surface area contributed by atoms with Crippen LogP contribution in [0.2, 0.25) is 0 Å². The predicted octanol–water partition coefficient (Wildman–Crippen LogP) is 3.13. The van der Waals surface area contributed by atoms with Gasteiger partial charge in [-0.1, -0.05) is 49.3 Å². The topological polar surface area (TPSA) is 47.9 Å². The number of hydrogen-bond acceptors (Lipinski definition) is 6. The summed E-state index contributed by atoms with van der Waals surface area (Å²) in [5, 5.41) is 0. The first-order valence-electron chi connectivity index (χ1n) is 6.67. The smallest absolute Gasteiger partial charge is 0.164 e. The second-order valence-electron chi connectivity index (χ2n) is 5.64. The van der Waals surface area contributed by atoms with Crippen LogP contribution in [-0.2, 0) is 14.0 Å². The van der Waals surface area contributed by atoms with Gasteiger partial charge in [0.1, 0.15) is 26.0 Å². The van der Waals surface area contributed by atoms with Crippen molar-refractivity contribution >= 4 is 37.8 Å². The molecule has 1 N–H and O–H groups in total. The summed E-state index contributed by atoms with van der Waals surface area (Å²) in [5.41, 5.74) is 0. The first kappa shape index (κ1) is 23.4. The van der Waals surface area contributed by atoms with E-state index in [1.807, 2.05) is 6.92 Å². The number of rotatable bonds is 7. The van der Waals surface area contributed by atoms with Gasteiger partial charge < -0.3 is 18.9 Å². The Bertz CT molecular complexity index is 297. The average Bonchev–Trinajstić information content (AvgIpc) is 2.60. The molecule has 1 aliphatic heterocycles. The Balaban J connectivity index is 0.00000400. The summed E-state index contributed by atoms with van der Waals surface area (Å²) in [6, 6.07) is -0.500. The molecule has 1 heterocycles. The van der Waals surface area contributed by atoms with Gasteiger partial charge in [0.15, 0.2) is 8.38 Å². The van der Waals surface area contributed by atoms with Crippen LogP contribution in [-0.4, -0.2) is 54.4 Å². The molecule has 5 atom stereocenters. The van der Waals surface area contributed by atoms with Crippen molar-refractivity contribution in [1.29, 1.82) is 0 Å². The van der Waals surface area contributed by atoms with E-state index in [1.54, 1.807) is 28.3 Å². The molecule has 4 nitrogen and oxygen atoms in total. The maximum Gasteiger partial charge on any atom is 0.164 e. The predicted molar refractivity (Wildman–Crippen MR) is 89.3 cm³/mol. The van der Waals surface area contributed by atoms with Crippen molar-refractivity contribution in [3.63, 3.8) is 0 Å². The number of ether oxygens (including phenoxy) is 2. The minimum atomic E-state index is -1.45. The first-order chi connectivity index (χ1) is 9.24. The summed E-state index contributed by atoms with van der Waals surface area (Å²) in [6.45, 7) is 10.1. The zero-order valence-electron chi connectivity index (χ0n) is 13.2. The third kappa shape index (κ3) is 8.89. The van der Waals surface area contributed by atoms with Crippen molar-refractivity contribution < 1.29 is 60.6 Å². The zero-order valence-corrected chi connectivity index (χ0v) is 18.9. The average molecular weight is 478 g/mol. The normalized spacial score (nSPS) is 31.0. The molecule has 2 unspecified atom stereocenters. The van der Waals surface area contributed by atoms with E-state index >= 15 is 0 Å². The molecule has 1 rings (SSSR count). The minimum absolute atomic E-state index is 0. The summed E-state index contributed by atoms with van der Waals surface area (Å²) in [7, 11) is 7.92. The standard InChI is InChI=1S/C12H24BO4PS2.Ce/c1-6-8-9(17-18(5)14)10(11(13)16-8)15-7-19-20-12(2,3)4;/h8-11,14H,6-7H2,1-5H3;/t8-,9?,10+,11-,18?;/m1./s1. The van der Waals surface area contributed by atoms with E-state index in [0.717, 1.165) is 6.42 Å². The van der Waals surface area contributed by atoms with Crippen LogP contribution in [0.1, 0.15) is 34.1 Å². The van der Waals surface area contributed by atoms with Gasteiger partial charge in [0.05, 0.1) is 6.10 Å². The van der Waals surface area contributed by atoms with Gasteiger partial charge in [-0.05, 0) is 6.42 Å². The molecule has 0 aromatic rings. The van der Waals surface area contributed by atoms with Crippen LogP contribution in [0.4, 0.5) is 0 Å². The Morgan fingerprint density at radius 1 is 1.33 bits per heavy atom. The Kier molecular flexibility index (Phi) is 12.4. The molecule has 0 aromatic carbocycles. The van der Waals surface area contributed by atoms with Crippen LogP contribution in [0, 0.1) is 41.7 Å². The second-order valence-corrected chi connectivity index (χ2v) is 9.85. The molecule has 1 fully saturated rings. The molecule has 0 saturated carbocycles. The minimum Gasteiger partial charge on any atom is -0.379 e. The van der Waals surface area contributed by atoms with Gasteiger partial charge in [-0.3, -0.25) is 0 Å². The Morgan fingerprint density at radius 3 is 2.43 bits per heavy atom. The monoisotopic (exact) mass is 478 g/mol. The summed E-state index contributed by atoms with van der Waals surface area (Å²) >= 11 is 0. The summed E-state index contributed by atoms with van der Waals surface area (Å²) < 4.78 is 17.2. The second kappa shape index (κ2) is 11.1. The maximum atomic E-state index is 9.49. The maximum absolute atomic E-state index is 9.49. The van der Waals surface area contributed by atoms with Crippen molar-refractivity contribution in [2.75, 3.05) is 12.6 Å². The molecule has 1 saturated heterocycles. The van der Waals surface area contributed by atoms with Gasteiger partial charge in [0.2, 0.25) is 0 Å². The molecule has 0 aliphatic carbocycles. The van der Waals surface area contributed by atoms with E-state index in [4.69, 9.17) is 21.8 Å². The van der Waals surface area contributed by atoms with E-state index in [0.29, 0.717) is 5.94 Å². The van der Waals surface area contributed by atoms with Crippen LogP contribution in [0.3, 0.4) is 0 Å². The van der Waals surface area contributed by atoms with Crippen LogP contribution >= 0.6 is 30.0 Å². The van der Waals surface area contributed by atoms with Crippen LogP contribution in [0.15, 0.2) is 0 Å². The first-order valence-corrected chi connectivity index (χ1v) is 10.6. The molecule has 0 aromatic heterocycles. The fourth-order valence-corrected chi connectivity index (χ4v) is 4.48. The van der Waals surface area contributed by atoms with Gasteiger partial charge in [-0.25, -0.2) is 0 Å². The van der Waals surface area contributed by atoms with E-state index in [-0.39, 0.29) is 64.8 Å². The molecule has 9 heteroatoms. The fraction of sp³-hybridized carbons (Fsp3) is 1.00. The summed E-state index contributed by atoms with van der Waals surface area (Å²) in [6.07, 6.45) is 0.0412. The van der Waals surface area contributed by atoms with Gasteiger partial charge in [0, 0.05) is 59.2 Å². The molecule has 2 radical (unpaired) electrons. The van der Waals surface area contributed by atoms with Gasteiger partial charge in [-0.2, -0.15) is 0 Å². The third-order valence-electron chi connectivity index (χ3n) is 2.64. The molecule has 0 spiro atoms. The molecule has 1 aliphatic rings. The molecule has 120 valence electrons. The van der Waals surface area contributed by atoms with Crippen molar-refractivity contribution in [1.82, 2.24) is 0 Å². The van der Waals surface area contributed by atoms with Crippen molar-refractivity contribution in [2.24, 2.45) is 0 Å². The zero-order chi connectivity index (χ0) is 15.3. The molecule has 21 heavy (non-hydrogen) atoms. The van der Waals surface area contributed by atoms with Crippen molar-refractivity contribution in [3.05, 3.63) is 0 Å². The Morgan fingerprint density at radius 2 is 1.95 bits per heavy atom. The van der Waals surface area contributed by atoms with Crippen LogP contribution < -0.4 is 0 Å². The quantitative estimate of drug-likeness (QED) is 0.200. The Labute approximate surface area is 172 Å². The van der Waals surface area contributed by atoms with Gasteiger partial charge >= 0.3 is 0 Å². The van der Waals surface area contributed by atoms with Crippen molar-refractivity contribution in [3.8, 4) is 0 Å². The third-order valence-corrected chi connectivity index (χ3v) is 6.18. The van der Waals surface area contributed by atoms with Gasteiger partial charge in [0.25, 0.3) is 0 Å². The summed E-state index contributed by atoms with van der Waals surface area (Å²) in [4.78, 5) is 9.49. The van der Waals surface area contributed by atoms with Crippen LogP contribution in [0.5, 0.6) is 0 Å². The molecule has 0 bridgehead atoms. The van der Waals surface area contributed by atoms with E-state index in [9.17, 15) is 4.89 Å².